The number of nitrogens with two attached hydrogens (primary N) is 3. The zero-order valence-electron chi connectivity index (χ0n) is 7.37. The van der Waals surface area contributed by atoms with Crippen molar-refractivity contribution < 1.29 is 22.1 Å². The van der Waals surface area contributed by atoms with Crippen molar-refractivity contribution in [3.8, 4) is 0 Å². The molecule has 72 valence electrons. The van der Waals surface area contributed by atoms with Crippen molar-refractivity contribution in [2.45, 2.75) is 18.9 Å². The molecule has 0 aliphatic heterocycles. The van der Waals surface area contributed by atoms with Gasteiger partial charge in [0.2, 0.25) is 0 Å². The molecule has 0 aromatic carbocycles. The number of carbonyl (C=O) groups excluding carboxylic acids is 1. The molecule has 0 radical (unpaired) electrons. The van der Waals surface area contributed by atoms with Crippen molar-refractivity contribution in [1.29, 1.82) is 0 Å². The Hall–Kier alpha value is -0.187. The summed E-state index contributed by atoms with van der Waals surface area (Å²) >= 11 is 0.847. The van der Waals surface area contributed by atoms with Crippen LogP contribution < -0.4 is 17.2 Å². The molecule has 0 bridgehead atoms. The summed E-state index contributed by atoms with van der Waals surface area (Å²) in [6.07, 6.45) is 2.94. The van der Waals surface area contributed by atoms with E-state index in [0.29, 0.717) is 19.4 Å². The first kappa shape index (κ1) is 15.3. The molecule has 13 heavy (non-hydrogen) atoms. The molecule has 5 nitrogen and oxygen atoms in total. The molecule has 0 saturated carbocycles. The fourth-order valence-corrected chi connectivity index (χ4v) is 0.578. The summed E-state index contributed by atoms with van der Waals surface area (Å²) in [5.74, 6) is 0.0636. The van der Waals surface area contributed by atoms with E-state index in [2.05, 4.69) is 4.99 Å². The minimum atomic E-state index is -0.510. The summed E-state index contributed by atoms with van der Waals surface area (Å²) < 4.78 is 0. The number of hydrogen-bond donors (Lipinski definition) is 3. The van der Waals surface area contributed by atoms with Crippen LogP contribution >= 0.6 is 9.69 Å². The average molecular weight is 258 g/mol. The predicted octanol–water partition coefficient (Wildman–Crippen LogP) is -0.836. The van der Waals surface area contributed by atoms with Crippen LogP contribution in [0.25, 0.3) is 0 Å². The first-order chi connectivity index (χ1) is 6.16. The number of guanidine groups is 1. The van der Waals surface area contributed by atoms with Crippen molar-refractivity contribution in [2.75, 3.05) is 6.54 Å². The van der Waals surface area contributed by atoms with Crippen LogP contribution in [-0.2, 0) is 22.1 Å². The molecular formula is C6H13ClN4OZn. The molecule has 0 aliphatic carbocycles. The molecule has 0 amide bonds. The van der Waals surface area contributed by atoms with E-state index in [1.54, 1.807) is 6.29 Å². The average Bonchev–Trinajstić information content (AvgIpc) is 2.15. The molecule has 1 atom stereocenters. The van der Waals surface area contributed by atoms with E-state index in [0.717, 1.165) is 17.3 Å². The van der Waals surface area contributed by atoms with E-state index in [1.165, 1.54) is 0 Å². The van der Waals surface area contributed by atoms with Crippen molar-refractivity contribution in [3.63, 3.8) is 0 Å². The Morgan fingerprint density at radius 1 is 1.54 bits per heavy atom. The van der Waals surface area contributed by atoms with Crippen LogP contribution in [0.4, 0.5) is 0 Å². The third-order valence-corrected chi connectivity index (χ3v) is 1.12. The van der Waals surface area contributed by atoms with Gasteiger partial charge in [-0.3, -0.25) is 4.99 Å². The maximum atomic E-state index is 9.90. The summed E-state index contributed by atoms with van der Waals surface area (Å²) in [6, 6.07) is -0.510. The van der Waals surface area contributed by atoms with Gasteiger partial charge < -0.3 is 22.0 Å². The van der Waals surface area contributed by atoms with E-state index >= 15 is 0 Å². The summed E-state index contributed by atoms with van der Waals surface area (Å²) in [7, 11) is 4.76. The Kier molecular flexibility index (Phi) is 13.9. The van der Waals surface area contributed by atoms with Crippen LogP contribution in [-0.4, -0.2) is 24.8 Å². The van der Waals surface area contributed by atoms with Crippen LogP contribution in [0.1, 0.15) is 12.8 Å². The fourth-order valence-electron chi connectivity index (χ4n) is 0.578. The van der Waals surface area contributed by atoms with Gasteiger partial charge in [-0.15, -0.1) is 0 Å². The Morgan fingerprint density at radius 3 is 2.46 bits per heavy atom. The Balaban J connectivity index is 0. The SMILES string of the molecule is NC(N)=NCCC[C@H](N)[C-]=O.[Cl][Zn+]. The predicted molar refractivity (Wildman–Crippen MR) is 49.4 cm³/mol. The maximum absolute atomic E-state index is 9.90. The van der Waals surface area contributed by atoms with Gasteiger partial charge in [0.1, 0.15) is 0 Å². The standard InChI is InChI=1S/C6H13N4O.ClH.Zn/c7-5(4-11)2-1-3-10-6(8)9;;/h5H,1-3,7H2,(H4,8,9,10);1H;/q-1;;+2/p-1/t5-;;/m0../s1. The molecule has 6 N–H and O–H groups in total. The molecule has 0 aliphatic rings. The Morgan fingerprint density at radius 2 is 2.08 bits per heavy atom. The topological polar surface area (TPSA) is 107 Å². The number of rotatable bonds is 5. The van der Waals surface area contributed by atoms with Gasteiger partial charge in [0.15, 0.2) is 5.96 Å². The molecule has 0 unspecified atom stereocenters. The van der Waals surface area contributed by atoms with Gasteiger partial charge >= 0.3 is 27.0 Å². The molecule has 0 aromatic heterocycles. The normalized spacial score (nSPS) is 10.8. The second-order valence-electron chi connectivity index (χ2n) is 2.17. The van der Waals surface area contributed by atoms with Gasteiger partial charge in [-0.2, -0.15) is 0 Å². The van der Waals surface area contributed by atoms with Crippen LogP contribution in [0.15, 0.2) is 4.99 Å². The second-order valence-corrected chi connectivity index (χ2v) is 2.17. The van der Waals surface area contributed by atoms with Gasteiger partial charge in [0, 0.05) is 6.54 Å². The molecule has 0 fully saturated rings. The first-order valence-electron chi connectivity index (χ1n) is 3.62. The molecule has 0 spiro atoms. The summed E-state index contributed by atoms with van der Waals surface area (Å²) in [5.41, 5.74) is 15.4. The van der Waals surface area contributed by atoms with Crippen molar-refractivity contribution in [1.82, 2.24) is 0 Å². The molecule has 0 saturated heterocycles. The number of aliphatic imine (C=N–C) groups is 1. The summed E-state index contributed by atoms with van der Waals surface area (Å²) in [5, 5.41) is 0. The third-order valence-electron chi connectivity index (χ3n) is 1.12. The molecular weight excluding hydrogens is 245 g/mol. The first-order valence-corrected chi connectivity index (χ1v) is 7.52. The van der Waals surface area contributed by atoms with Gasteiger partial charge in [-0.1, -0.05) is 12.5 Å². The van der Waals surface area contributed by atoms with Gasteiger partial charge in [-0.05, 0) is 6.42 Å². The molecule has 0 heterocycles. The minimum absolute atomic E-state index is 0.0636. The molecule has 0 aromatic rings. The summed E-state index contributed by atoms with van der Waals surface area (Å²) in [6.45, 7) is 0.512. The van der Waals surface area contributed by atoms with Gasteiger partial charge in [-0.25, -0.2) is 6.29 Å². The van der Waals surface area contributed by atoms with Crippen LogP contribution in [0.5, 0.6) is 0 Å². The van der Waals surface area contributed by atoms with Crippen molar-refractivity contribution in [2.24, 2.45) is 22.2 Å². The van der Waals surface area contributed by atoms with Crippen molar-refractivity contribution >= 4 is 21.9 Å². The zero-order chi connectivity index (χ0) is 10.7. The summed E-state index contributed by atoms with van der Waals surface area (Å²) in [4.78, 5) is 13.6. The van der Waals surface area contributed by atoms with Crippen molar-refractivity contribution in [3.05, 3.63) is 0 Å². The number of halogens is 1. The molecule has 0 rings (SSSR count). The Bertz CT molecular complexity index is 152. The Labute approximate surface area is 91.8 Å². The van der Waals surface area contributed by atoms with E-state index in [4.69, 9.17) is 26.9 Å². The van der Waals surface area contributed by atoms with Crippen LogP contribution in [0.3, 0.4) is 0 Å². The fraction of sp³-hybridized carbons (Fsp3) is 0.667. The zero-order valence-corrected chi connectivity index (χ0v) is 11.1. The van der Waals surface area contributed by atoms with Gasteiger partial charge in [0.05, 0.1) is 0 Å². The van der Waals surface area contributed by atoms with E-state index in [1.807, 2.05) is 0 Å². The third kappa shape index (κ3) is 14.6. The second kappa shape index (κ2) is 11.8. The van der Waals surface area contributed by atoms with E-state index < -0.39 is 6.04 Å². The van der Waals surface area contributed by atoms with Crippen LogP contribution in [0, 0.1) is 0 Å². The number of nitrogens with zero attached hydrogens (tertiary/aromatic N) is 1. The monoisotopic (exact) mass is 256 g/mol. The van der Waals surface area contributed by atoms with Crippen LogP contribution in [0.2, 0.25) is 0 Å². The van der Waals surface area contributed by atoms with Gasteiger partial charge in [0.25, 0.3) is 0 Å². The van der Waals surface area contributed by atoms with E-state index in [-0.39, 0.29) is 5.96 Å². The number of hydrogen-bond acceptors (Lipinski definition) is 3. The van der Waals surface area contributed by atoms with E-state index in [9.17, 15) is 4.79 Å². The quantitative estimate of drug-likeness (QED) is 0.196. The molecule has 7 heteroatoms.